The normalized spacial score (nSPS) is 10.3. The third-order valence-electron chi connectivity index (χ3n) is 3.64. The lowest BCUT2D eigenvalue weighted by atomic mass is 10.1. The summed E-state index contributed by atoms with van der Waals surface area (Å²) >= 11 is 0. The first kappa shape index (κ1) is 17.0. The quantitative estimate of drug-likeness (QED) is 0.852. The van der Waals surface area contributed by atoms with E-state index in [2.05, 4.69) is 19.1 Å². The Morgan fingerprint density at radius 3 is 2.26 bits per heavy atom. The van der Waals surface area contributed by atoms with Crippen LogP contribution < -0.4 is 0 Å². The molecule has 0 heterocycles. The van der Waals surface area contributed by atoms with Gasteiger partial charge in [-0.1, -0.05) is 61.5 Å². The van der Waals surface area contributed by atoms with Crippen LogP contribution in [0.5, 0.6) is 0 Å². The first-order chi connectivity index (χ1) is 11.2. The summed E-state index contributed by atoms with van der Waals surface area (Å²) in [6.45, 7) is 2.93. The number of aryl methyl sites for hydroxylation is 1. The van der Waals surface area contributed by atoms with Crippen molar-refractivity contribution in [2.24, 2.45) is 0 Å². The molecule has 1 amide bonds. The number of amides is 1. The fourth-order valence-corrected chi connectivity index (χ4v) is 2.27. The Morgan fingerprint density at radius 1 is 1.00 bits per heavy atom. The number of rotatable bonds is 7. The molecule has 23 heavy (non-hydrogen) atoms. The minimum Gasteiger partial charge on any atom is -0.445 e. The van der Waals surface area contributed by atoms with Gasteiger partial charge in [-0.05, 0) is 23.1 Å². The topological polar surface area (TPSA) is 49.8 Å². The molecule has 0 fully saturated rings. The van der Waals surface area contributed by atoms with E-state index in [4.69, 9.17) is 4.74 Å². The number of hydrogen-bond acceptors (Lipinski definition) is 3. The Kier molecular flexibility index (Phi) is 6.63. The van der Waals surface area contributed by atoms with E-state index in [1.165, 1.54) is 10.5 Å². The molecule has 0 bridgehead atoms. The molecule has 0 saturated carbocycles. The fourth-order valence-electron chi connectivity index (χ4n) is 2.27. The summed E-state index contributed by atoms with van der Waals surface area (Å²) in [5.74, 6) is 0. The van der Waals surface area contributed by atoms with Crippen molar-refractivity contribution in [1.29, 1.82) is 0 Å². The predicted octanol–water partition coefficient (Wildman–Crippen LogP) is 3.38. The van der Waals surface area contributed by atoms with E-state index in [1.54, 1.807) is 0 Å². The first-order valence-corrected chi connectivity index (χ1v) is 7.87. The van der Waals surface area contributed by atoms with Crippen LogP contribution in [0.25, 0.3) is 0 Å². The second-order valence-electron chi connectivity index (χ2n) is 5.36. The van der Waals surface area contributed by atoms with Gasteiger partial charge in [0.2, 0.25) is 0 Å². The molecule has 122 valence electrons. The molecule has 0 aliphatic heterocycles. The molecule has 0 aliphatic rings. The molecular formula is C19H23NO3. The largest absolute Gasteiger partial charge is 0.445 e. The third-order valence-corrected chi connectivity index (χ3v) is 3.64. The highest BCUT2D eigenvalue weighted by molar-refractivity contribution is 5.67. The summed E-state index contributed by atoms with van der Waals surface area (Å²) in [7, 11) is 0. The van der Waals surface area contributed by atoms with Gasteiger partial charge in [0.25, 0.3) is 0 Å². The summed E-state index contributed by atoms with van der Waals surface area (Å²) in [4.78, 5) is 13.7. The number of carbonyl (C=O) groups excluding carboxylic acids is 1. The molecule has 2 rings (SSSR count). The standard InChI is InChI=1S/C19H23NO3/c1-2-16-8-10-17(11-9-16)14-20(12-13-21)19(22)23-15-18-6-4-3-5-7-18/h3-11,21H,2,12-15H2,1H3. The third kappa shape index (κ3) is 5.42. The highest BCUT2D eigenvalue weighted by atomic mass is 16.6. The average molecular weight is 313 g/mol. The Bertz CT molecular complexity index is 596. The van der Waals surface area contributed by atoms with Crippen LogP contribution in [0.1, 0.15) is 23.6 Å². The van der Waals surface area contributed by atoms with Gasteiger partial charge in [0.15, 0.2) is 0 Å². The van der Waals surface area contributed by atoms with Crippen molar-refractivity contribution in [2.45, 2.75) is 26.5 Å². The molecule has 0 aliphatic carbocycles. The fraction of sp³-hybridized carbons (Fsp3) is 0.316. The van der Waals surface area contributed by atoms with Crippen LogP contribution in [0.3, 0.4) is 0 Å². The molecule has 0 saturated heterocycles. The van der Waals surface area contributed by atoms with Gasteiger partial charge in [0.05, 0.1) is 6.61 Å². The van der Waals surface area contributed by atoms with E-state index < -0.39 is 6.09 Å². The van der Waals surface area contributed by atoms with Gasteiger partial charge in [-0.15, -0.1) is 0 Å². The van der Waals surface area contributed by atoms with Crippen LogP contribution in [0, 0.1) is 0 Å². The summed E-state index contributed by atoms with van der Waals surface area (Å²) in [6, 6.07) is 17.7. The minimum absolute atomic E-state index is 0.0898. The maximum atomic E-state index is 12.2. The van der Waals surface area contributed by atoms with Gasteiger partial charge in [0, 0.05) is 13.1 Å². The second-order valence-corrected chi connectivity index (χ2v) is 5.36. The van der Waals surface area contributed by atoms with Crippen molar-refractivity contribution >= 4 is 6.09 Å². The Labute approximate surface area is 137 Å². The molecule has 0 radical (unpaired) electrons. The number of ether oxygens (including phenoxy) is 1. The van der Waals surface area contributed by atoms with E-state index in [-0.39, 0.29) is 19.8 Å². The number of aliphatic hydroxyl groups excluding tert-OH is 1. The molecule has 4 nitrogen and oxygen atoms in total. The van der Waals surface area contributed by atoms with Crippen LogP contribution in [0.2, 0.25) is 0 Å². The van der Waals surface area contributed by atoms with Crippen LogP contribution in [0.15, 0.2) is 54.6 Å². The molecule has 2 aromatic carbocycles. The lowest BCUT2D eigenvalue weighted by Gasteiger charge is -2.21. The van der Waals surface area contributed by atoms with E-state index in [0.717, 1.165) is 17.5 Å². The minimum atomic E-state index is -0.414. The van der Waals surface area contributed by atoms with Crippen molar-refractivity contribution in [3.63, 3.8) is 0 Å². The van der Waals surface area contributed by atoms with Gasteiger partial charge in [-0.2, -0.15) is 0 Å². The molecule has 0 unspecified atom stereocenters. The number of aliphatic hydroxyl groups is 1. The van der Waals surface area contributed by atoms with E-state index >= 15 is 0 Å². The SMILES string of the molecule is CCc1ccc(CN(CCO)C(=O)OCc2ccccc2)cc1. The van der Waals surface area contributed by atoms with E-state index in [0.29, 0.717) is 6.54 Å². The van der Waals surface area contributed by atoms with E-state index in [1.807, 2.05) is 42.5 Å². The first-order valence-electron chi connectivity index (χ1n) is 7.87. The molecule has 1 N–H and O–H groups in total. The predicted molar refractivity (Wildman–Crippen MR) is 89.9 cm³/mol. The highest BCUT2D eigenvalue weighted by Gasteiger charge is 2.15. The second kappa shape index (κ2) is 8.96. The molecule has 0 spiro atoms. The summed E-state index contributed by atoms with van der Waals surface area (Å²) in [5.41, 5.74) is 3.22. The lowest BCUT2D eigenvalue weighted by molar-refractivity contribution is 0.0859. The van der Waals surface area contributed by atoms with Gasteiger partial charge in [-0.3, -0.25) is 0 Å². The smallest absolute Gasteiger partial charge is 0.410 e. The summed E-state index contributed by atoms with van der Waals surface area (Å²) < 4.78 is 5.34. The van der Waals surface area contributed by atoms with E-state index in [9.17, 15) is 9.90 Å². The highest BCUT2D eigenvalue weighted by Crippen LogP contribution is 2.10. The van der Waals surface area contributed by atoms with Crippen molar-refractivity contribution in [2.75, 3.05) is 13.2 Å². The monoisotopic (exact) mass is 313 g/mol. The van der Waals surface area contributed by atoms with Gasteiger partial charge >= 0.3 is 6.09 Å². The lowest BCUT2D eigenvalue weighted by Crippen LogP contribution is -2.33. The van der Waals surface area contributed by atoms with Crippen molar-refractivity contribution < 1.29 is 14.6 Å². The number of carbonyl (C=O) groups is 1. The number of nitrogens with zero attached hydrogens (tertiary/aromatic N) is 1. The average Bonchev–Trinajstić information content (AvgIpc) is 2.61. The Balaban J connectivity index is 1.94. The zero-order valence-corrected chi connectivity index (χ0v) is 13.4. The van der Waals surface area contributed by atoms with Crippen LogP contribution in [0.4, 0.5) is 4.79 Å². The molecule has 0 atom stereocenters. The van der Waals surface area contributed by atoms with Gasteiger partial charge < -0.3 is 14.7 Å². The van der Waals surface area contributed by atoms with Gasteiger partial charge in [0.1, 0.15) is 6.61 Å². The van der Waals surface area contributed by atoms with Gasteiger partial charge in [-0.25, -0.2) is 4.79 Å². The maximum Gasteiger partial charge on any atom is 0.410 e. The molecule has 2 aromatic rings. The zero-order valence-electron chi connectivity index (χ0n) is 13.4. The maximum absolute atomic E-state index is 12.2. The van der Waals surface area contributed by atoms with Crippen molar-refractivity contribution in [3.8, 4) is 0 Å². The van der Waals surface area contributed by atoms with Crippen LogP contribution in [-0.2, 0) is 24.3 Å². The summed E-state index contributed by atoms with van der Waals surface area (Å²) in [6.07, 6.45) is 0.571. The molecule has 4 heteroatoms. The molecule has 0 aromatic heterocycles. The zero-order chi connectivity index (χ0) is 16.5. The Hall–Kier alpha value is -2.33. The van der Waals surface area contributed by atoms with Crippen molar-refractivity contribution in [1.82, 2.24) is 4.90 Å². The molecular weight excluding hydrogens is 290 g/mol. The number of benzene rings is 2. The Morgan fingerprint density at radius 2 is 1.65 bits per heavy atom. The van der Waals surface area contributed by atoms with Crippen molar-refractivity contribution in [3.05, 3.63) is 71.3 Å². The number of hydrogen-bond donors (Lipinski definition) is 1. The van der Waals surface area contributed by atoms with Crippen LogP contribution >= 0.6 is 0 Å². The van der Waals surface area contributed by atoms with Crippen LogP contribution in [-0.4, -0.2) is 29.3 Å². The summed E-state index contributed by atoms with van der Waals surface area (Å²) in [5, 5.41) is 9.18.